The topological polar surface area (TPSA) is 95.9 Å². The third-order valence-corrected chi connectivity index (χ3v) is 5.09. The van der Waals surface area contributed by atoms with E-state index in [-0.39, 0.29) is 11.3 Å². The highest BCUT2D eigenvalue weighted by Crippen LogP contribution is 2.40. The lowest BCUT2D eigenvalue weighted by Crippen LogP contribution is -2.35. The number of likely N-dealkylation sites (N-methyl/N-ethyl adjacent to an activating group) is 1. The Morgan fingerprint density at radius 3 is 2.63 bits per heavy atom. The van der Waals surface area contributed by atoms with E-state index in [0.29, 0.717) is 41.5 Å². The van der Waals surface area contributed by atoms with E-state index >= 15 is 0 Å². The number of ketones is 1. The van der Waals surface area contributed by atoms with E-state index in [1.54, 1.807) is 39.2 Å². The van der Waals surface area contributed by atoms with Crippen molar-refractivity contribution in [3.63, 3.8) is 0 Å². The van der Waals surface area contributed by atoms with E-state index in [2.05, 4.69) is 9.97 Å². The van der Waals surface area contributed by atoms with E-state index in [9.17, 15) is 14.7 Å². The molecule has 1 fully saturated rings. The minimum atomic E-state index is -0.735. The molecule has 3 rings (SSSR count). The zero-order chi connectivity index (χ0) is 22.0. The number of likely N-dealkylation sites (tertiary alicyclic amines) is 1. The summed E-state index contributed by atoms with van der Waals surface area (Å²) in [5.41, 5.74) is 1.57. The van der Waals surface area contributed by atoms with Crippen molar-refractivity contribution in [3.8, 4) is 5.75 Å². The van der Waals surface area contributed by atoms with Gasteiger partial charge in [-0.25, -0.2) is 9.97 Å². The van der Waals surface area contributed by atoms with Gasteiger partial charge >= 0.3 is 0 Å². The molecule has 2 heterocycles. The Morgan fingerprint density at radius 1 is 1.27 bits per heavy atom. The van der Waals surface area contributed by atoms with Crippen LogP contribution in [0.2, 0.25) is 0 Å². The van der Waals surface area contributed by atoms with Crippen LogP contribution in [0.1, 0.15) is 28.7 Å². The molecule has 1 aromatic heterocycles. The third kappa shape index (κ3) is 4.04. The molecule has 1 aliphatic heterocycles. The SMILES string of the molecule is COc1cccc(C2C(=C(O)c3cnc(C)nc3C)C(=O)C(=O)N2CCN(C)C)c1. The lowest BCUT2D eigenvalue weighted by molar-refractivity contribution is -0.140. The summed E-state index contributed by atoms with van der Waals surface area (Å²) in [6, 6.07) is 6.42. The van der Waals surface area contributed by atoms with Crippen LogP contribution in [0.3, 0.4) is 0 Å². The highest BCUT2D eigenvalue weighted by Gasteiger charge is 2.46. The van der Waals surface area contributed by atoms with Crippen molar-refractivity contribution >= 4 is 17.4 Å². The average molecular weight is 410 g/mol. The van der Waals surface area contributed by atoms with Crippen LogP contribution in [-0.2, 0) is 9.59 Å². The maximum Gasteiger partial charge on any atom is 0.295 e. The number of aryl methyl sites for hydroxylation is 2. The Kier molecular flexibility index (Phi) is 6.17. The second kappa shape index (κ2) is 8.62. The Hall–Kier alpha value is -3.26. The molecule has 1 atom stereocenters. The molecule has 30 heavy (non-hydrogen) atoms. The fraction of sp³-hybridized carbons (Fsp3) is 0.364. The van der Waals surface area contributed by atoms with Crippen LogP contribution < -0.4 is 4.74 Å². The lowest BCUT2D eigenvalue weighted by atomic mass is 9.95. The van der Waals surface area contributed by atoms with Gasteiger partial charge in [0.1, 0.15) is 17.3 Å². The molecule has 1 saturated heterocycles. The first kappa shape index (κ1) is 21.4. The Morgan fingerprint density at radius 2 is 2.00 bits per heavy atom. The van der Waals surface area contributed by atoms with E-state index < -0.39 is 17.7 Å². The molecule has 158 valence electrons. The van der Waals surface area contributed by atoms with Crippen molar-refractivity contribution in [2.24, 2.45) is 0 Å². The number of aliphatic hydroxyl groups is 1. The molecule has 0 radical (unpaired) electrons. The van der Waals surface area contributed by atoms with Crippen LogP contribution in [-0.4, -0.2) is 70.9 Å². The van der Waals surface area contributed by atoms with Crippen molar-refractivity contribution in [1.82, 2.24) is 19.8 Å². The van der Waals surface area contributed by atoms with E-state index in [0.717, 1.165) is 0 Å². The Balaban J connectivity index is 2.19. The summed E-state index contributed by atoms with van der Waals surface area (Å²) in [5, 5.41) is 11.1. The second-order valence-corrected chi connectivity index (χ2v) is 7.49. The largest absolute Gasteiger partial charge is 0.507 e. The van der Waals surface area contributed by atoms with Crippen molar-refractivity contribution in [1.29, 1.82) is 0 Å². The van der Waals surface area contributed by atoms with E-state index in [1.165, 1.54) is 11.1 Å². The molecule has 8 heteroatoms. The number of Topliss-reactive ketones (excluding diaryl/α,β-unsaturated/α-hetero) is 1. The summed E-state index contributed by atoms with van der Waals surface area (Å²) in [6.07, 6.45) is 1.48. The van der Waals surface area contributed by atoms with Gasteiger partial charge in [-0.05, 0) is 45.6 Å². The maximum atomic E-state index is 13.0. The number of aliphatic hydroxyl groups excluding tert-OH is 1. The van der Waals surface area contributed by atoms with Crippen molar-refractivity contribution < 1.29 is 19.4 Å². The average Bonchev–Trinajstić information content (AvgIpc) is 2.96. The van der Waals surface area contributed by atoms with Gasteiger partial charge in [0.2, 0.25) is 0 Å². The molecule has 1 unspecified atom stereocenters. The van der Waals surface area contributed by atoms with Gasteiger partial charge in [0.25, 0.3) is 11.7 Å². The summed E-state index contributed by atoms with van der Waals surface area (Å²) >= 11 is 0. The predicted octanol–water partition coefficient (Wildman–Crippen LogP) is 2.09. The monoisotopic (exact) mass is 410 g/mol. The number of hydrogen-bond acceptors (Lipinski definition) is 7. The number of ether oxygens (including phenoxy) is 1. The molecule has 0 saturated carbocycles. The summed E-state index contributed by atoms with van der Waals surface area (Å²) in [4.78, 5) is 37.7. The number of aromatic nitrogens is 2. The minimum absolute atomic E-state index is 0.0302. The van der Waals surface area contributed by atoms with Gasteiger partial charge < -0.3 is 19.6 Å². The molecular weight excluding hydrogens is 384 g/mol. The predicted molar refractivity (Wildman–Crippen MR) is 112 cm³/mol. The number of nitrogens with zero attached hydrogens (tertiary/aromatic N) is 4. The van der Waals surface area contributed by atoms with E-state index in [4.69, 9.17) is 4.74 Å². The number of rotatable bonds is 6. The number of amides is 1. The van der Waals surface area contributed by atoms with Crippen LogP contribution in [0.4, 0.5) is 0 Å². The number of methoxy groups -OCH3 is 1. The Labute approximate surface area is 175 Å². The first-order valence-electron chi connectivity index (χ1n) is 9.62. The third-order valence-electron chi connectivity index (χ3n) is 5.09. The van der Waals surface area contributed by atoms with Crippen LogP contribution in [0, 0.1) is 13.8 Å². The van der Waals surface area contributed by atoms with Crippen LogP contribution in [0.5, 0.6) is 5.75 Å². The molecule has 8 nitrogen and oxygen atoms in total. The van der Waals surface area contributed by atoms with Crippen LogP contribution in [0.15, 0.2) is 36.0 Å². The summed E-state index contributed by atoms with van der Waals surface area (Å²) in [6.45, 7) is 4.37. The highest BCUT2D eigenvalue weighted by molar-refractivity contribution is 6.46. The smallest absolute Gasteiger partial charge is 0.295 e. The Bertz CT molecular complexity index is 1020. The van der Waals surface area contributed by atoms with Gasteiger partial charge in [-0.15, -0.1) is 0 Å². The number of carbonyl (C=O) groups is 2. The molecule has 0 bridgehead atoms. The van der Waals surface area contributed by atoms with E-state index in [1.807, 2.05) is 25.1 Å². The highest BCUT2D eigenvalue weighted by atomic mass is 16.5. The summed E-state index contributed by atoms with van der Waals surface area (Å²) in [5.74, 6) is -0.484. The van der Waals surface area contributed by atoms with Crippen LogP contribution in [0.25, 0.3) is 5.76 Å². The summed E-state index contributed by atoms with van der Waals surface area (Å²) in [7, 11) is 5.34. The standard InChI is InChI=1S/C22H26N4O4/c1-13-17(12-23-14(2)24-13)20(27)18-19(15-7-6-8-16(11-15)30-5)26(10-9-25(3)4)22(29)21(18)28/h6-8,11-12,19,27H,9-10H2,1-5H3. The molecule has 1 N–H and O–H groups in total. The van der Waals surface area contributed by atoms with Crippen LogP contribution >= 0.6 is 0 Å². The lowest BCUT2D eigenvalue weighted by Gasteiger charge is -2.26. The summed E-state index contributed by atoms with van der Waals surface area (Å²) < 4.78 is 5.32. The molecule has 0 spiro atoms. The number of benzene rings is 1. The normalized spacial score (nSPS) is 18.3. The first-order valence-corrected chi connectivity index (χ1v) is 9.62. The molecular formula is C22H26N4O4. The number of carbonyl (C=O) groups excluding carboxylic acids is 2. The van der Waals surface area contributed by atoms with Crippen molar-refractivity contribution in [2.75, 3.05) is 34.3 Å². The van der Waals surface area contributed by atoms with Crippen molar-refractivity contribution in [2.45, 2.75) is 19.9 Å². The quantitative estimate of drug-likeness (QED) is 0.442. The second-order valence-electron chi connectivity index (χ2n) is 7.49. The molecule has 2 aromatic rings. The van der Waals surface area contributed by atoms with Crippen molar-refractivity contribution in [3.05, 3.63) is 58.7 Å². The zero-order valence-corrected chi connectivity index (χ0v) is 17.8. The minimum Gasteiger partial charge on any atom is -0.507 e. The number of hydrogen-bond donors (Lipinski definition) is 1. The maximum absolute atomic E-state index is 13.0. The zero-order valence-electron chi connectivity index (χ0n) is 17.8. The first-order chi connectivity index (χ1) is 14.2. The fourth-order valence-corrected chi connectivity index (χ4v) is 3.54. The van der Waals surface area contributed by atoms with Gasteiger partial charge in [0, 0.05) is 19.3 Å². The van der Waals surface area contributed by atoms with Gasteiger partial charge in [-0.2, -0.15) is 0 Å². The van der Waals surface area contributed by atoms with Gasteiger partial charge in [-0.1, -0.05) is 12.1 Å². The van der Waals surface area contributed by atoms with Gasteiger partial charge in [0.15, 0.2) is 0 Å². The van der Waals surface area contributed by atoms with Gasteiger partial charge in [-0.3, -0.25) is 9.59 Å². The van der Waals surface area contributed by atoms with Gasteiger partial charge in [0.05, 0.1) is 30.0 Å². The molecule has 1 amide bonds. The molecule has 1 aliphatic rings. The molecule has 1 aromatic carbocycles. The molecule has 0 aliphatic carbocycles. The fourth-order valence-electron chi connectivity index (χ4n) is 3.54.